The third kappa shape index (κ3) is 4.44. The quantitative estimate of drug-likeness (QED) is 0.763. The average Bonchev–Trinajstić information content (AvgIpc) is 2.71. The van der Waals surface area contributed by atoms with E-state index >= 15 is 0 Å². The predicted octanol–water partition coefficient (Wildman–Crippen LogP) is 4.34. The standard InChI is InChI=1S/C23H20ClFN2O3/c24-16-3-7-18(8-4-16)26-22(29)12-15-9-19-20(27-23(15)30)10-14(11-21(19)28)13-1-5-17(25)6-2-13/h1-8,14-15H,9-12H2,(H,26,29)(H,27,30)/t14-,15+/m1/s1. The highest BCUT2D eigenvalue weighted by molar-refractivity contribution is 6.30. The SMILES string of the molecule is O=C(C[C@@H]1CC2=C(C[C@@H](c3ccc(F)cc3)CC2=O)NC1=O)Nc1ccc(Cl)cc1. The zero-order valence-corrected chi connectivity index (χ0v) is 16.8. The van der Waals surface area contributed by atoms with Gasteiger partial charge in [0.05, 0.1) is 5.92 Å². The zero-order chi connectivity index (χ0) is 21.3. The predicted molar refractivity (Wildman–Crippen MR) is 111 cm³/mol. The van der Waals surface area contributed by atoms with Gasteiger partial charge in [0.25, 0.3) is 0 Å². The highest BCUT2D eigenvalue weighted by atomic mass is 35.5. The van der Waals surface area contributed by atoms with E-state index in [1.807, 2.05) is 0 Å². The number of carbonyl (C=O) groups is 3. The van der Waals surface area contributed by atoms with E-state index < -0.39 is 5.92 Å². The van der Waals surface area contributed by atoms with Crippen LogP contribution in [-0.4, -0.2) is 17.6 Å². The third-order valence-electron chi connectivity index (χ3n) is 5.58. The van der Waals surface area contributed by atoms with Crippen molar-refractivity contribution in [3.05, 3.63) is 76.2 Å². The maximum atomic E-state index is 13.2. The molecule has 1 aliphatic carbocycles. The van der Waals surface area contributed by atoms with Crippen molar-refractivity contribution in [2.45, 2.75) is 31.6 Å². The Morgan fingerprint density at radius 3 is 2.43 bits per heavy atom. The summed E-state index contributed by atoms with van der Waals surface area (Å²) in [6.45, 7) is 0. The van der Waals surface area contributed by atoms with Gasteiger partial charge in [0.2, 0.25) is 11.8 Å². The van der Waals surface area contributed by atoms with Crippen molar-refractivity contribution >= 4 is 34.9 Å². The molecule has 0 aromatic heterocycles. The van der Waals surface area contributed by atoms with E-state index in [-0.39, 0.29) is 42.2 Å². The molecule has 2 aromatic carbocycles. The van der Waals surface area contributed by atoms with E-state index in [2.05, 4.69) is 10.6 Å². The number of carbonyl (C=O) groups excluding carboxylic acids is 3. The van der Waals surface area contributed by atoms with Gasteiger partial charge in [-0.25, -0.2) is 4.39 Å². The summed E-state index contributed by atoms with van der Waals surface area (Å²) in [5.74, 6) is -1.61. The average molecular weight is 427 g/mol. The summed E-state index contributed by atoms with van der Waals surface area (Å²) in [6, 6.07) is 12.8. The Balaban J connectivity index is 1.43. The van der Waals surface area contributed by atoms with Crippen LogP contribution in [0, 0.1) is 11.7 Å². The van der Waals surface area contributed by atoms with Gasteiger partial charge in [0.1, 0.15) is 5.82 Å². The van der Waals surface area contributed by atoms with Gasteiger partial charge in [0.15, 0.2) is 5.78 Å². The molecule has 0 radical (unpaired) electrons. The Hall–Kier alpha value is -2.99. The molecule has 0 bridgehead atoms. The lowest BCUT2D eigenvalue weighted by atomic mass is 9.77. The molecule has 1 heterocycles. The number of Topliss-reactive ketones (excluding diaryl/α,β-unsaturated/α-hetero) is 1. The van der Waals surface area contributed by atoms with Crippen LogP contribution in [0.2, 0.25) is 5.02 Å². The van der Waals surface area contributed by atoms with Crippen LogP contribution < -0.4 is 10.6 Å². The maximum absolute atomic E-state index is 13.2. The van der Waals surface area contributed by atoms with Crippen LogP contribution in [0.3, 0.4) is 0 Å². The van der Waals surface area contributed by atoms with E-state index in [0.29, 0.717) is 34.8 Å². The molecule has 4 rings (SSSR count). The highest BCUT2D eigenvalue weighted by Crippen LogP contribution is 2.38. The molecule has 154 valence electrons. The number of halogens is 2. The summed E-state index contributed by atoms with van der Waals surface area (Å²) in [6.07, 6.45) is 1.07. The second kappa shape index (κ2) is 8.40. The number of benzene rings is 2. The van der Waals surface area contributed by atoms with Gasteiger partial charge in [-0.15, -0.1) is 0 Å². The Bertz CT molecular complexity index is 1030. The first-order valence-corrected chi connectivity index (χ1v) is 10.1. The first-order valence-electron chi connectivity index (χ1n) is 9.76. The van der Waals surface area contributed by atoms with Crippen LogP contribution in [0.4, 0.5) is 10.1 Å². The molecule has 1 aliphatic heterocycles. The first-order chi connectivity index (χ1) is 14.4. The van der Waals surface area contributed by atoms with E-state index in [9.17, 15) is 18.8 Å². The molecular formula is C23H20ClFN2O3. The zero-order valence-electron chi connectivity index (χ0n) is 16.1. The Labute approximate surface area is 178 Å². The number of rotatable bonds is 4. The van der Waals surface area contributed by atoms with Crippen molar-refractivity contribution in [3.8, 4) is 0 Å². The second-order valence-corrected chi connectivity index (χ2v) is 8.12. The molecule has 2 aliphatic rings. The van der Waals surface area contributed by atoms with Gasteiger partial charge >= 0.3 is 0 Å². The Kier molecular flexibility index (Phi) is 5.68. The molecule has 2 atom stereocenters. The van der Waals surface area contributed by atoms with Crippen molar-refractivity contribution in [3.63, 3.8) is 0 Å². The number of hydrogen-bond acceptors (Lipinski definition) is 3. The molecule has 0 spiro atoms. The number of anilines is 1. The summed E-state index contributed by atoms with van der Waals surface area (Å²) in [4.78, 5) is 37.7. The van der Waals surface area contributed by atoms with Crippen molar-refractivity contribution in [2.75, 3.05) is 5.32 Å². The summed E-state index contributed by atoms with van der Waals surface area (Å²) in [5.41, 5.74) is 2.68. The van der Waals surface area contributed by atoms with Gasteiger partial charge in [-0.2, -0.15) is 0 Å². The molecule has 2 amide bonds. The molecule has 2 N–H and O–H groups in total. The third-order valence-corrected chi connectivity index (χ3v) is 5.83. The minimum Gasteiger partial charge on any atom is -0.329 e. The molecule has 30 heavy (non-hydrogen) atoms. The largest absolute Gasteiger partial charge is 0.329 e. The molecular weight excluding hydrogens is 407 g/mol. The fourth-order valence-corrected chi connectivity index (χ4v) is 4.14. The molecule has 0 saturated heterocycles. The molecule has 0 unspecified atom stereocenters. The minimum atomic E-state index is -0.595. The lowest BCUT2D eigenvalue weighted by Crippen LogP contribution is -2.41. The van der Waals surface area contributed by atoms with Crippen LogP contribution in [0.15, 0.2) is 59.8 Å². The van der Waals surface area contributed by atoms with Gasteiger partial charge in [-0.1, -0.05) is 23.7 Å². The van der Waals surface area contributed by atoms with Crippen molar-refractivity contribution in [1.29, 1.82) is 0 Å². The van der Waals surface area contributed by atoms with Gasteiger partial charge in [-0.05, 0) is 60.7 Å². The van der Waals surface area contributed by atoms with Crippen LogP contribution >= 0.6 is 11.6 Å². The van der Waals surface area contributed by atoms with E-state index in [1.165, 1.54) is 12.1 Å². The van der Waals surface area contributed by atoms with Crippen molar-refractivity contribution in [2.24, 2.45) is 5.92 Å². The lowest BCUT2D eigenvalue weighted by molar-refractivity contribution is -0.129. The topological polar surface area (TPSA) is 75.3 Å². The second-order valence-electron chi connectivity index (χ2n) is 7.69. The normalized spacial score (nSPS) is 21.1. The summed E-state index contributed by atoms with van der Waals surface area (Å²) < 4.78 is 13.2. The number of nitrogens with one attached hydrogen (secondary N) is 2. The molecule has 5 nitrogen and oxygen atoms in total. The molecule has 2 aromatic rings. The van der Waals surface area contributed by atoms with E-state index in [1.54, 1.807) is 36.4 Å². The molecule has 7 heteroatoms. The van der Waals surface area contributed by atoms with Crippen LogP contribution in [0.1, 0.15) is 37.2 Å². The smallest absolute Gasteiger partial charge is 0.228 e. The highest BCUT2D eigenvalue weighted by Gasteiger charge is 2.37. The number of hydrogen-bond donors (Lipinski definition) is 2. The number of ketones is 1. The molecule has 0 saturated carbocycles. The van der Waals surface area contributed by atoms with E-state index in [4.69, 9.17) is 11.6 Å². The van der Waals surface area contributed by atoms with E-state index in [0.717, 1.165) is 5.56 Å². The Morgan fingerprint density at radius 1 is 1.03 bits per heavy atom. The van der Waals surface area contributed by atoms with Crippen LogP contribution in [0.5, 0.6) is 0 Å². The summed E-state index contributed by atoms with van der Waals surface area (Å²) >= 11 is 5.84. The fraction of sp³-hybridized carbons (Fsp3) is 0.261. The van der Waals surface area contributed by atoms with Crippen molar-refractivity contribution < 1.29 is 18.8 Å². The van der Waals surface area contributed by atoms with Crippen LogP contribution in [-0.2, 0) is 14.4 Å². The Morgan fingerprint density at radius 2 is 1.73 bits per heavy atom. The van der Waals surface area contributed by atoms with Crippen molar-refractivity contribution in [1.82, 2.24) is 5.32 Å². The monoisotopic (exact) mass is 426 g/mol. The minimum absolute atomic E-state index is 0.0140. The number of allylic oxidation sites excluding steroid dienone is 2. The number of amides is 2. The van der Waals surface area contributed by atoms with Gasteiger partial charge < -0.3 is 10.6 Å². The summed E-state index contributed by atoms with van der Waals surface area (Å²) in [5, 5.41) is 6.14. The van der Waals surface area contributed by atoms with Crippen LogP contribution in [0.25, 0.3) is 0 Å². The first kappa shape index (κ1) is 20.3. The van der Waals surface area contributed by atoms with Gasteiger partial charge in [-0.3, -0.25) is 14.4 Å². The lowest BCUT2D eigenvalue weighted by Gasteiger charge is -2.33. The summed E-state index contributed by atoms with van der Waals surface area (Å²) in [7, 11) is 0. The molecule has 0 fully saturated rings. The maximum Gasteiger partial charge on any atom is 0.228 e. The van der Waals surface area contributed by atoms with Gasteiger partial charge in [0, 0.05) is 34.8 Å². The fourth-order valence-electron chi connectivity index (χ4n) is 4.01.